The van der Waals surface area contributed by atoms with Gasteiger partial charge in [-0.3, -0.25) is 0 Å². The van der Waals surface area contributed by atoms with Crippen molar-refractivity contribution in [3.05, 3.63) is 29.3 Å². The molecule has 0 atom stereocenters. The Morgan fingerprint density at radius 3 is 2.54 bits per heavy atom. The fraction of sp³-hybridized carbons (Fsp3) is 0.562. The number of nitrogens with zero attached hydrogens (tertiary/aromatic N) is 1. The second kappa shape index (κ2) is 10.0. The molecule has 2 N–H and O–H groups in total. The molecule has 0 aromatic heterocycles. The number of aliphatic imine (C=N–C) groups is 1. The number of methoxy groups -OCH3 is 1. The Morgan fingerprint density at radius 2 is 1.96 bits per heavy atom. The standard InChI is InChI=1S/C16H24F3N3O2/c1-4-20-15(21-8-9-24-5-2)22-11-12-6-7-13(23-3)10-14(12)16(17,18)19/h6-7,10H,4-5,8-9,11H2,1-3H3,(H2,20,21,22). The molecule has 0 saturated carbocycles. The number of guanidine groups is 1. The summed E-state index contributed by atoms with van der Waals surface area (Å²) in [5.74, 6) is 0.609. The van der Waals surface area contributed by atoms with Crippen molar-refractivity contribution < 1.29 is 22.6 Å². The molecule has 24 heavy (non-hydrogen) atoms. The number of alkyl halides is 3. The number of benzene rings is 1. The first-order valence-electron chi connectivity index (χ1n) is 7.76. The maximum Gasteiger partial charge on any atom is 0.416 e. The van der Waals surface area contributed by atoms with Crippen LogP contribution in [0.25, 0.3) is 0 Å². The second-order valence-electron chi connectivity index (χ2n) is 4.84. The van der Waals surface area contributed by atoms with Gasteiger partial charge in [-0.05, 0) is 31.5 Å². The molecule has 0 amide bonds. The molecule has 0 radical (unpaired) electrons. The summed E-state index contributed by atoms with van der Waals surface area (Å²) in [5, 5.41) is 6.00. The second-order valence-corrected chi connectivity index (χ2v) is 4.84. The zero-order valence-corrected chi connectivity index (χ0v) is 14.2. The lowest BCUT2D eigenvalue weighted by Crippen LogP contribution is -2.39. The summed E-state index contributed by atoms with van der Waals surface area (Å²) in [6.45, 7) is 5.91. The number of hydrogen-bond acceptors (Lipinski definition) is 3. The van der Waals surface area contributed by atoms with E-state index in [1.165, 1.54) is 19.2 Å². The van der Waals surface area contributed by atoms with Gasteiger partial charge in [-0.1, -0.05) is 6.07 Å². The highest BCUT2D eigenvalue weighted by Crippen LogP contribution is 2.34. The molecular weight excluding hydrogens is 323 g/mol. The van der Waals surface area contributed by atoms with Crippen molar-refractivity contribution in [2.45, 2.75) is 26.6 Å². The Morgan fingerprint density at radius 1 is 1.21 bits per heavy atom. The zero-order chi connectivity index (χ0) is 18.0. The fourth-order valence-electron chi connectivity index (χ4n) is 1.98. The third-order valence-electron chi connectivity index (χ3n) is 3.12. The van der Waals surface area contributed by atoms with E-state index in [-0.39, 0.29) is 17.9 Å². The molecule has 136 valence electrons. The van der Waals surface area contributed by atoms with E-state index in [4.69, 9.17) is 9.47 Å². The minimum atomic E-state index is -4.46. The molecule has 8 heteroatoms. The minimum Gasteiger partial charge on any atom is -0.497 e. The average Bonchev–Trinajstić information content (AvgIpc) is 2.55. The Labute approximate surface area is 140 Å². The quantitative estimate of drug-likeness (QED) is 0.431. The third-order valence-corrected chi connectivity index (χ3v) is 3.12. The van der Waals surface area contributed by atoms with Crippen LogP contribution in [0, 0.1) is 0 Å². The van der Waals surface area contributed by atoms with Crippen molar-refractivity contribution in [1.29, 1.82) is 0 Å². The van der Waals surface area contributed by atoms with Crippen LogP contribution in [0.3, 0.4) is 0 Å². The van der Waals surface area contributed by atoms with E-state index in [1.807, 2.05) is 13.8 Å². The average molecular weight is 347 g/mol. The molecule has 0 aliphatic heterocycles. The molecule has 0 aliphatic rings. The van der Waals surface area contributed by atoms with Crippen molar-refractivity contribution in [3.8, 4) is 5.75 Å². The van der Waals surface area contributed by atoms with Crippen LogP contribution in [0.5, 0.6) is 5.75 Å². The molecule has 0 heterocycles. The molecule has 0 spiro atoms. The molecule has 0 aliphatic carbocycles. The van der Waals surface area contributed by atoms with E-state index in [2.05, 4.69) is 15.6 Å². The summed E-state index contributed by atoms with van der Waals surface area (Å²) in [6, 6.07) is 3.87. The van der Waals surface area contributed by atoms with Crippen molar-refractivity contribution in [1.82, 2.24) is 10.6 Å². The van der Waals surface area contributed by atoms with Gasteiger partial charge in [-0.2, -0.15) is 13.2 Å². The van der Waals surface area contributed by atoms with Crippen LogP contribution in [-0.2, 0) is 17.5 Å². The number of nitrogens with one attached hydrogen (secondary N) is 2. The Kier molecular flexibility index (Phi) is 8.39. The summed E-state index contributed by atoms with van der Waals surface area (Å²) in [4.78, 5) is 4.21. The van der Waals surface area contributed by atoms with Gasteiger partial charge in [0.15, 0.2) is 5.96 Å². The van der Waals surface area contributed by atoms with E-state index in [9.17, 15) is 13.2 Å². The smallest absolute Gasteiger partial charge is 0.416 e. The van der Waals surface area contributed by atoms with Crippen LogP contribution in [0.4, 0.5) is 13.2 Å². The van der Waals surface area contributed by atoms with Crippen LogP contribution in [0.1, 0.15) is 25.0 Å². The SMILES string of the molecule is CCNC(=NCc1ccc(OC)cc1C(F)(F)F)NCCOCC. The van der Waals surface area contributed by atoms with Gasteiger partial charge >= 0.3 is 6.18 Å². The highest BCUT2D eigenvalue weighted by Gasteiger charge is 2.33. The first-order valence-corrected chi connectivity index (χ1v) is 7.76. The molecule has 0 unspecified atom stereocenters. The van der Waals surface area contributed by atoms with Gasteiger partial charge in [0.25, 0.3) is 0 Å². The summed E-state index contributed by atoms with van der Waals surface area (Å²) < 4.78 is 49.6. The van der Waals surface area contributed by atoms with Gasteiger partial charge in [-0.15, -0.1) is 0 Å². The normalized spacial score (nSPS) is 12.2. The number of rotatable bonds is 8. The van der Waals surface area contributed by atoms with E-state index in [0.717, 1.165) is 6.07 Å². The maximum atomic E-state index is 13.2. The van der Waals surface area contributed by atoms with Crippen LogP contribution in [0.2, 0.25) is 0 Å². The number of hydrogen-bond donors (Lipinski definition) is 2. The van der Waals surface area contributed by atoms with Crippen molar-refractivity contribution in [2.75, 3.05) is 33.4 Å². The van der Waals surface area contributed by atoms with Gasteiger partial charge in [-0.25, -0.2) is 4.99 Å². The molecule has 1 aromatic carbocycles. The van der Waals surface area contributed by atoms with Crippen LogP contribution < -0.4 is 15.4 Å². The molecule has 5 nitrogen and oxygen atoms in total. The number of ether oxygens (including phenoxy) is 2. The van der Waals surface area contributed by atoms with E-state index < -0.39 is 11.7 Å². The van der Waals surface area contributed by atoms with Crippen molar-refractivity contribution in [2.24, 2.45) is 4.99 Å². The highest BCUT2D eigenvalue weighted by molar-refractivity contribution is 5.79. The van der Waals surface area contributed by atoms with Gasteiger partial charge < -0.3 is 20.1 Å². The van der Waals surface area contributed by atoms with Crippen LogP contribution in [-0.4, -0.2) is 39.4 Å². The lowest BCUT2D eigenvalue weighted by molar-refractivity contribution is -0.138. The summed E-state index contributed by atoms with van der Waals surface area (Å²) >= 11 is 0. The van der Waals surface area contributed by atoms with Gasteiger partial charge in [0.1, 0.15) is 5.75 Å². The molecule has 1 rings (SSSR count). The maximum absolute atomic E-state index is 13.2. The Hall–Kier alpha value is -1.96. The van der Waals surface area contributed by atoms with Gasteiger partial charge in [0, 0.05) is 19.7 Å². The monoisotopic (exact) mass is 347 g/mol. The molecule has 0 saturated heterocycles. The fourth-order valence-corrected chi connectivity index (χ4v) is 1.98. The highest BCUT2D eigenvalue weighted by atomic mass is 19.4. The predicted octanol–water partition coefficient (Wildman–Crippen LogP) is 2.81. The lowest BCUT2D eigenvalue weighted by Gasteiger charge is -2.14. The first-order chi connectivity index (χ1) is 11.4. The van der Waals surface area contributed by atoms with Gasteiger partial charge in [0.05, 0.1) is 25.8 Å². The Balaban J connectivity index is 2.87. The zero-order valence-electron chi connectivity index (χ0n) is 14.2. The van der Waals surface area contributed by atoms with Crippen LogP contribution in [0.15, 0.2) is 23.2 Å². The van der Waals surface area contributed by atoms with Crippen molar-refractivity contribution in [3.63, 3.8) is 0 Å². The predicted molar refractivity (Wildman–Crippen MR) is 87.3 cm³/mol. The lowest BCUT2D eigenvalue weighted by atomic mass is 10.1. The van der Waals surface area contributed by atoms with Gasteiger partial charge in [0.2, 0.25) is 0 Å². The minimum absolute atomic E-state index is 0.0883. The molecule has 0 bridgehead atoms. The van der Waals surface area contributed by atoms with E-state index in [1.54, 1.807) is 0 Å². The summed E-state index contributed by atoms with van der Waals surface area (Å²) in [5.41, 5.74) is -0.652. The van der Waals surface area contributed by atoms with Crippen LogP contribution >= 0.6 is 0 Å². The third kappa shape index (κ3) is 6.66. The Bertz CT molecular complexity index is 534. The summed E-state index contributed by atoms with van der Waals surface area (Å²) in [6.07, 6.45) is -4.46. The molecular formula is C16H24F3N3O2. The van der Waals surface area contributed by atoms with Crippen molar-refractivity contribution >= 4 is 5.96 Å². The largest absolute Gasteiger partial charge is 0.497 e. The van der Waals surface area contributed by atoms with E-state index in [0.29, 0.717) is 32.3 Å². The first kappa shape index (κ1) is 20.1. The number of halogens is 3. The molecule has 0 fully saturated rings. The molecule has 1 aromatic rings. The summed E-state index contributed by atoms with van der Waals surface area (Å²) in [7, 11) is 1.33. The van der Waals surface area contributed by atoms with E-state index >= 15 is 0 Å². The topological polar surface area (TPSA) is 54.9 Å².